The third-order valence-corrected chi connectivity index (χ3v) is 4.73. The minimum Gasteiger partial charge on any atom is -0.508 e. The Balaban J connectivity index is 1.82. The second-order valence-corrected chi connectivity index (χ2v) is 6.77. The molecule has 3 aromatic rings. The number of thiazole rings is 1. The molecule has 1 aliphatic rings. The molecule has 1 heterocycles. The van der Waals surface area contributed by atoms with Crippen LogP contribution in [0.4, 0.5) is 0 Å². The summed E-state index contributed by atoms with van der Waals surface area (Å²) in [5, 5.41) is 26.3. The molecule has 0 aliphatic heterocycles. The average Bonchev–Trinajstić information content (AvgIpc) is 3.34. The van der Waals surface area contributed by atoms with Gasteiger partial charge in [0.25, 0.3) is 0 Å². The van der Waals surface area contributed by atoms with Crippen LogP contribution in [0.3, 0.4) is 0 Å². The van der Waals surface area contributed by atoms with Gasteiger partial charge in [0.05, 0.1) is 18.0 Å². The molecule has 0 amide bonds. The maximum absolute atomic E-state index is 10.2. The van der Waals surface area contributed by atoms with Crippen LogP contribution < -0.4 is 4.80 Å². The number of benzene rings is 2. The Morgan fingerprint density at radius 1 is 1.08 bits per heavy atom. The summed E-state index contributed by atoms with van der Waals surface area (Å²) in [6, 6.07) is 14.8. The highest BCUT2D eigenvalue weighted by atomic mass is 32.1. The van der Waals surface area contributed by atoms with Crippen molar-refractivity contribution in [3.63, 3.8) is 0 Å². The first-order chi connectivity index (χ1) is 12.2. The number of hydrogen-bond acceptors (Lipinski definition) is 5. The number of phenolic OH excluding ortho intramolecular Hbond substituents is 2. The lowest BCUT2D eigenvalue weighted by Gasteiger charge is -2.06. The van der Waals surface area contributed by atoms with E-state index in [1.54, 1.807) is 23.0 Å². The second kappa shape index (κ2) is 6.57. The van der Waals surface area contributed by atoms with Gasteiger partial charge in [0.2, 0.25) is 4.80 Å². The van der Waals surface area contributed by atoms with Crippen molar-refractivity contribution < 1.29 is 10.2 Å². The van der Waals surface area contributed by atoms with E-state index in [9.17, 15) is 10.2 Å². The first-order valence-electron chi connectivity index (χ1n) is 8.07. The summed E-state index contributed by atoms with van der Waals surface area (Å²) < 4.78 is 1.75. The van der Waals surface area contributed by atoms with E-state index in [0.29, 0.717) is 11.6 Å². The minimum absolute atomic E-state index is 0.0134. The Labute approximate surface area is 148 Å². The van der Waals surface area contributed by atoms with E-state index in [4.69, 9.17) is 4.99 Å². The number of hydrogen-bond donors (Lipinski definition) is 2. The molecule has 2 N–H and O–H groups in total. The van der Waals surface area contributed by atoms with Crippen molar-refractivity contribution in [3.8, 4) is 22.8 Å². The highest BCUT2D eigenvalue weighted by Crippen LogP contribution is 2.32. The zero-order valence-electron chi connectivity index (χ0n) is 13.4. The molecule has 2 aromatic carbocycles. The molecule has 1 saturated carbocycles. The van der Waals surface area contributed by atoms with E-state index in [-0.39, 0.29) is 11.5 Å². The molecule has 25 heavy (non-hydrogen) atoms. The molecule has 1 fully saturated rings. The number of nitrogens with zero attached hydrogens (tertiary/aromatic N) is 3. The Morgan fingerprint density at radius 2 is 1.88 bits per heavy atom. The Morgan fingerprint density at radius 3 is 2.60 bits per heavy atom. The maximum Gasteiger partial charge on any atom is 0.206 e. The SMILES string of the molecule is Oc1ccc(-c2csc(=NC3CC3)n2/N=C/c2ccccc2)c(O)c1. The standard InChI is InChI=1S/C19H17N3O2S/c23-15-8-9-16(18(24)10-15)17-12-25-19(21-14-6-7-14)22(17)20-11-13-4-2-1-3-5-13/h1-5,8-12,14,23-24H,6-7H2/b20-11+,21-19?. The highest BCUT2D eigenvalue weighted by Gasteiger charge is 2.21. The monoisotopic (exact) mass is 351 g/mol. The van der Waals surface area contributed by atoms with Gasteiger partial charge in [0, 0.05) is 17.0 Å². The van der Waals surface area contributed by atoms with Crippen molar-refractivity contribution in [2.45, 2.75) is 18.9 Å². The van der Waals surface area contributed by atoms with Crippen LogP contribution >= 0.6 is 11.3 Å². The first-order valence-corrected chi connectivity index (χ1v) is 8.95. The van der Waals surface area contributed by atoms with Crippen LogP contribution in [0.25, 0.3) is 11.3 Å². The lowest BCUT2D eigenvalue weighted by atomic mass is 10.1. The maximum atomic E-state index is 10.2. The molecule has 5 nitrogen and oxygen atoms in total. The van der Waals surface area contributed by atoms with Crippen LogP contribution in [0.2, 0.25) is 0 Å². The summed E-state index contributed by atoms with van der Waals surface area (Å²) in [5.74, 6) is 0.0399. The van der Waals surface area contributed by atoms with E-state index >= 15 is 0 Å². The van der Waals surface area contributed by atoms with Gasteiger partial charge in [0.1, 0.15) is 11.5 Å². The zero-order chi connectivity index (χ0) is 17.2. The van der Waals surface area contributed by atoms with Crippen LogP contribution in [0.5, 0.6) is 11.5 Å². The number of aromatic hydroxyl groups is 2. The quantitative estimate of drug-likeness (QED) is 0.706. The van der Waals surface area contributed by atoms with Crippen LogP contribution in [0.15, 0.2) is 64.0 Å². The van der Waals surface area contributed by atoms with Crippen LogP contribution in [-0.4, -0.2) is 27.1 Å². The number of rotatable bonds is 4. The van der Waals surface area contributed by atoms with Crippen molar-refractivity contribution in [1.29, 1.82) is 0 Å². The number of aromatic nitrogens is 1. The number of phenols is 2. The molecule has 0 atom stereocenters. The molecule has 1 aromatic heterocycles. The van der Waals surface area contributed by atoms with Gasteiger partial charge in [-0.3, -0.25) is 4.99 Å². The summed E-state index contributed by atoms with van der Waals surface area (Å²) in [4.78, 5) is 5.52. The Hall–Kier alpha value is -2.86. The molecule has 0 radical (unpaired) electrons. The fraction of sp³-hybridized carbons (Fsp3) is 0.158. The molecule has 4 rings (SSSR count). The van der Waals surface area contributed by atoms with Crippen molar-refractivity contribution >= 4 is 17.6 Å². The molecule has 0 bridgehead atoms. The molecule has 0 saturated heterocycles. The molecular weight excluding hydrogens is 334 g/mol. The van der Waals surface area contributed by atoms with Gasteiger partial charge in [-0.1, -0.05) is 30.3 Å². The Bertz CT molecular complexity index is 985. The van der Waals surface area contributed by atoms with Gasteiger partial charge in [-0.05, 0) is 30.5 Å². The first kappa shape index (κ1) is 15.7. The van der Waals surface area contributed by atoms with E-state index < -0.39 is 0 Å². The average molecular weight is 351 g/mol. The summed E-state index contributed by atoms with van der Waals surface area (Å²) >= 11 is 1.50. The van der Waals surface area contributed by atoms with E-state index in [1.807, 2.05) is 35.7 Å². The van der Waals surface area contributed by atoms with Gasteiger partial charge in [-0.15, -0.1) is 11.3 Å². The van der Waals surface area contributed by atoms with Crippen molar-refractivity contribution in [2.24, 2.45) is 10.1 Å². The smallest absolute Gasteiger partial charge is 0.206 e. The third-order valence-electron chi connectivity index (χ3n) is 3.90. The van der Waals surface area contributed by atoms with E-state index in [2.05, 4.69) is 5.10 Å². The van der Waals surface area contributed by atoms with Crippen LogP contribution in [0.1, 0.15) is 18.4 Å². The largest absolute Gasteiger partial charge is 0.508 e. The van der Waals surface area contributed by atoms with Gasteiger partial charge in [-0.25, -0.2) is 4.68 Å². The van der Waals surface area contributed by atoms with Crippen LogP contribution in [0, 0.1) is 0 Å². The zero-order valence-corrected chi connectivity index (χ0v) is 14.2. The van der Waals surface area contributed by atoms with E-state index in [0.717, 1.165) is 28.9 Å². The molecule has 6 heteroatoms. The lowest BCUT2D eigenvalue weighted by molar-refractivity contribution is 0.451. The highest BCUT2D eigenvalue weighted by molar-refractivity contribution is 7.07. The summed E-state index contributed by atoms with van der Waals surface area (Å²) in [6.45, 7) is 0. The molecule has 1 aliphatic carbocycles. The lowest BCUT2D eigenvalue weighted by Crippen LogP contribution is -2.13. The fourth-order valence-corrected chi connectivity index (χ4v) is 3.34. The minimum atomic E-state index is 0.0134. The van der Waals surface area contributed by atoms with Crippen LogP contribution in [-0.2, 0) is 0 Å². The van der Waals surface area contributed by atoms with Gasteiger partial charge in [-0.2, -0.15) is 5.10 Å². The van der Waals surface area contributed by atoms with Crippen molar-refractivity contribution in [3.05, 3.63) is 64.3 Å². The van der Waals surface area contributed by atoms with E-state index in [1.165, 1.54) is 17.4 Å². The third kappa shape index (κ3) is 3.49. The van der Waals surface area contributed by atoms with Gasteiger partial charge < -0.3 is 10.2 Å². The molecule has 0 spiro atoms. The fourth-order valence-electron chi connectivity index (χ4n) is 2.45. The van der Waals surface area contributed by atoms with Gasteiger partial charge >= 0.3 is 0 Å². The topological polar surface area (TPSA) is 70.1 Å². The summed E-state index contributed by atoms with van der Waals surface area (Å²) in [7, 11) is 0. The summed E-state index contributed by atoms with van der Waals surface area (Å²) in [5.41, 5.74) is 2.34. The van der Waals surface area contributed by atoms with Crippen molar-refractivity contribution in [1.82, 2.24) is 4.68 Å². The summed E-state index contributed by atoms with van der Waals surface area (Å²) in [6.07, 6.45) is 4.00. The molecule has 126 valence electrons. The normalized spacial score (nSPS) is 15.1. The van der Waals surface area contributed by atoms with Crippen molar-refractivity contribution in [2.75, 3.05) is 0 Å². The molecular formula is C19H17N3O2S. The van der Waals surface area contributed by atoms with Gasteiger partial charge in [0.15, 0.2) is 0 Å². The molecule has 0 unspecified atom stereocenters. The predicted molar refractivity (Wildman–Crippen MR) is 99.1 cm³/mol. The predicted octanol–water partition coefficient (Wildman–Crippen LogP) is 3.57. The Kier molecular flexibility index (Phi) is 4.11. The second-order valence-electron chi connectivity index (χ2n) is 5.93.